The molecule has 1 aliphatic carbocycles. The molecule has 0 amide bonds. The van der Waals surface area contributed by atoms with Crippen molar-refractivity contribution in [2.24, 2.45) is 5.92 Å². The first-order chi connectivity index (χ1) is 15.4. The highest BCUT2D eigenvalue weighted by molar-refractivity contribution is 7.88. The van der Waals surface area contributed by atoms with E-state index in [4.69, 9.17) is 4.74 Å². The minimum Gasteiger partial charge on any atom is -0.378 e. The minimum atomic E-state index is -3.33. The van der Waals surface area contributed by atoms with Crippen molar-refractivity contribution in [1.82, 2.24) is 9.71 Å². The molecule has 2 aromatic rings. The number of aromatic nitrogens is 1. The molecule has 1 aliphatic heterocycles. The molecule has 0 spiro atoms. The standard InChI is InChI=1S/C24H32FN3O3S/c1-32(29,30)27-22-14-15-28(24-9-5-8-23(25)26-24)16-20(22)17-31-21-12-10-19(11-13-21)18-6-3-2-4-7-18/h2-9,19-22,27H,10-17H2,1H3. The van der Waals surface area contributed by atoms with Gasteiger partial charge in [-0.1, -0.05) is 36.4 Å². The summed E-state index contributed by atoms with van der Waals surface area (Å²) in [4.78, 5) is 6.02. The van der Waals surface area contributed by atoms with Gasteiger partial charge in [-0.15, -0.1) is 0 Å². The number of ether oxygens (including phenoxy) is 1. The monoisotopic (exact) mass is 461 g/mol. The summed E-state index contributed by atoms with van der Waals surface area (Å²) in [6, 6.07) is 15.2. The number of halogens is 1. The molecule has 1 saturated carbocycles. The molecule has 6 nitrogen and oxygen atoms in total. The van der Waals surface area contributed by atoms with Crippen LogP contribution < -0.4 is 9.62 Å². The van der Waals surface area contributed by atoms with Gasteiger partial charge in [0.05, 0.1) is 19.0 Å². The number of nitrogens with one attached hydrogen (secondary N) is 1. The topological polar surface area (TPSA) is 71.5 Å². The van der Waals surface area contributed by atoms with Crippen molar-refractivity contribution in [2.45, 2.75) is 50.2 Å². The normalized spacial score (nSPS) is 26.8. The maximum atomic E-state index is 13.6. The van der Waals surface area contributed by atoms with Gasteiger partial charge in [-0.25, -0.2) is 18.1 Å². The van der Waals surface area contributed by atoms with Gasteiger partial charge >= 0.3 is 0 Å². The third-order valence-electron chi connectivity index (χ3n) is 6.61. The Morgan fingerprint density at radius 1 is 1.06 bits per heavy atom. The van der Waals surface area contributed by atoms with Crippen LogP contribution in [0.1, 0.15) is 43.6 Å². The van der Waals surface area contributed by atoms with Crippen LogP contribution in [0.25, 0.3) is 0 Å². The number of anilines is 1. The van der Waals surface area contributed by atoms with E-state index in [1.54, 1.807) is 12.1 Å². The van der Waals surface area contributed by atoms with Crippen LogP contribution in [0.5, 0.6) is 0 Å². The van der Waals surface area contributed by atoms with E-state index in [-0.39, 0.29) is 18.1 Å². The highest BCUT2D eigenvalue weighted by Gasteiger charge is 2.33. The second kappa shape index (κ2) is 10.3. The lowest BCUT2D eigenvalue weighted by Gasteiger charge is -2.40. The summed E-state index contributed by atoms with van der Waals surface area (Å²) in [5.74, 6) is 0.619. The zero-order valence-corrected chi connectivity index (χ0v) is 19.3. The van der Waals surface area contributed by atoms with Gasteiger partial charge < -0.3 is 9.64 Å². The lowest BCUT2D eigenvalue weighted by atomic mass is 9.82. The number of hydrogen-bond acceptors (Lipinski definition) is 5. The summed E-state index contributed by atoms with van der Waals surface area (Å²) in [6.45, 7) is 1.66. The number of rotatable bonds is 7. The lowest BCUT2D eigenvalue weighted by Crippen LogP contribution is -2.52. The lowest BCUT2D eigenvalue weighted by molar-refractivity contribution is -0.00214. The van der Waals surface area contributed by atoms with Crippen molar-refractivity contribution < 1.29 is 17.5 Å². The van der Waals surface area contributed by atoms with E-state index in [0.717, 1.165) is 25.7 Å². The van der Waals surface area contributed by atoms with Gasteiger partial charge in [-0.3, -0.25) is 0 Å². The van der Waals surface area contributed by atoms with Gasteiger partial charge in [0.1, 0.15) is 5.82 Å². The van der Waals surface area contributed by atoms with E-state index in [1.165, 1.54) is 17.9 Å². The predicted molar refractivity (Wildman–Crippen MR) is 124 cm³/mol. The average molecular weight is 462 g/mol. The molecule has 0 bridgehead atoms. The van der Waals surface area contributed by atoms with Crippen LogP contribution >= 0.6 is 0 Å². The fraction of sp³-hybridized carbons (Fsp3) is 0.542. The molecule has 32 heavy (non-hydrogen) atoms. The molecular formula is C24H32FN3O3S. The zero-order valence-electron chi connectivity index (χ0n) is 18.5. The van der Waals surface area contributed by atoms with E-state index in [2.05, 4.69) is 34.0 Å². The number of benzene rings is 1. The molecule has 2 fully saturated rings. The van der Waals surface area contributed by atoms with E-state index in [9.17, 15) is 12.8 Å². The summed E-state index contributed by atoms with van der Waals surface area (Å²) in [5, 5.41) is 0. The molecule has 2 unspecified atom stereocenters. The molecule has 2 aliphatic rings. The Morgan fingerprint density at radius 3 is 2.50 bits per heavy atom. The molecule has 0 radical (unpaired) electrons. The highest BCUT2D eigenvalue weighted by atomic mass is 32.2. The summed E-state index contributed by atoms with van der Waals surface area (Å²) >= 11 is 0. The number of hydrogen-bond donors (Lipinski definition) is 1. The minimum absolute atomic E-state index is 0.0320. The van der Waals surface area contributed by atoms with Crippen molar-refractivity contribution >= 4 is 15.8 Å². The number of nitrogens with zero attached hydrogens (tertiary/aromatic N) is 2. The van der Waals surface area contributed by atoms with Crippen LogP contribution in [-0.2, 0) is 14.8 Å². The third-order valence-corrected chi connectivity index (χ3v) is 7.35. The quantitative estimate of drug-likeness (QED) is 0.637. The molecule has 174 valence electrons. The zero-order chi connectivity index (χ0) is 22.6. The Bertz CT molecular complexity index is 981. The molecule has 1 saturated heterocycles. The Labute approximate surface area is 190 Å². The molecule has 2 atom stereocenters. The molecule has 8 heteroatoms. The van der Waals surface area contributed by atoms with Gasteiger partial charge in [-0.05, 0) is 55.7 Å². The molecule has 4 rings (SSSR count). The van der Waals surface area contributed by atoms with E-state index in [1.807, 2.05) is 11.0 Å². The van der Waals surface area contributed by atoms with Gasteiger partial charge in [-0.2, -0.15) is 4.39 Å². The third kappa shape index (κ3) is 6.27. The molecule has 1 aromatic carbocycles. The number of sulfonamides is 1. The van der Waals surface area contributed by atoms with Crippen LogP contribution in [0, 0.1) is 11.9 Å². The Morgan fingerprint density at radius 2 is 1.81 bits per heavy atom. The second-order valence-electron chi connectivity index (χ2n) is 9.03. The number of piperidine rings is 1. The van der Waals surface area contributed by atoms with Crippen LogP contribution in [-0.4, -0.2) is 51.5 Å². The van der Waals surface area contributed by atoms with Crippen molar-refractivity contribution in [2.75, 3.05) is 30.9 Å². The summed E-state index contributed by atoms with van der Waals surface area (Å²) < 4.78 is 46.5. The largest absolute Gasteiger partial charge is 0.378 e. The van der Waals surface area contributed by atoms with Crippen LogP contribution in [0.2, 0.25) is 0 Å². The Kier molecular flexibility index (Phi) is 7.43. The molecule has 1 aromatic heterocycles. The fourth-order valence-electron chi connectivity index (χ4n) is 4.96. The van der Waals surface area contributed by atoms with Crippen molar-refractivity contribution in [1.29, 1.82) is 0 Å². The van der Waals surface area contributed by atoms with Crippen LogP contribution in [0.3, 0.4) is 0 Å². The summed E-state index contributed by atoms with van der Waals surface area (Å²) in [7, 11) is -3.33. The van der Waals surface area contributed by atoms with E-state index < -0.39 is 16.0 Å². The van der Waals surface area contributed by atoms with Crippen molar-refractivity contribution in [3.63, 3.8) is 0 Å². The molecular weight excluding hydrogens is 429 g/mol. The van der Waals surface area contributed by atoms with Crippen molar-refractivity contribution in [3.05, 3.63) is 60.0 Å². The van der Waals surface area contributed by atoms with Gasteiger partial charge in [0.2, 0.25) is 16.0 Å². The summed E-state index contributed by atoms with van der Waals surface area (Å²) in [6.07, 6.45) is 6.22. The fourth-order valence-corrected chi connectivity index (χ4v) is 5.82. The maximum Gasteiger partial charge on any atom is 0.214 e. The first-order valence-corrected chi connectivity index (χ1v) is 13.3. The highest BCUT2D eigenvalue weighted by Crippen LogP contribution is 2.34. The predicted octanol–water partition coefficient (Wildman–Crippen LogP) is 3.71. The maximum absolute atomic E-state index is 13.6. The number of pyridine rings is 1. The molecule has 2 heterocycles. The van der Waals surface area contributed by atoms with E-state index in [0.29, 0.717) is 37.9 Å². The first-order valence-electron chi connectivity index (χ1n) is 11.4. The van der Waals surface area contributed by atoms with Gasteiger partial charge in [0.25, 0.3) is 0 Å². The first kappa shape index (κ1) is 23.1. The Hall–Kier alpha value is -2.03. The SMILES string of the molecule is CS(=O)(=O)NC1CCN(c2cccc(F)n2)CC1COC1CCC(c2ccccc2)CC1. The second-order valence-corrected chi connectivity index (χ2v) is 10.8. The average Bonchev–Trinajstić information content (AvgIpc) is 2.78. The summed E-state index contributed by atoms with van der Waals surface area (Å²) in [5.41, 5.74) is 1.40. The Balaban J connectivity index is 1.36. The van der Waals surface area contributed by atoms with Crippen molar-refractivity contribution in [3.8, 4) is 0 Å². The van der Waals surface area contributed by atoms with E-state index >= 15 is 0 Å². The van der Waals surface area contributed by atoms with Crippen LogP contribution in [0.4, 0.5) is 10.2 Å². The molecule has 1 N–H and O–H groups in total. The van der Waals surface area contributed by atoms with Gasteiger partial charge in [0.15, 0.2) is 0 Å². The van der Waals surface area contributed by atoms with Crippen LogP contribution in [0.15, 0.2) is 48.5 Å². The van der Waals surface area contributed by atoms with Gasteiger partial charge in [0, 0.05) is 25.0 Å². The smallest absolute Gasteiger partial charge is 0.214 e.